The van der Waals surface area contributed by atoms with Gasteiger partial charge in [0, 0.05) is 18.0 Å². The molecule has 0 spiro atoms. The number of fused-ring (bicyclic) bond motifs is 1. The molecule has 2 aromatic rings. The van der Waals surface area contributed by atoms with E-state index in [4.69, 9.17) is 0 Å². The third-order valence-corrected chi connectivity index (χ3v) is 5.06. The molecule has 0 saturated heterocycles. The number of amides is 1. The summed E-state index contributed by atoms with van der Waals surface area (Å²) in [6.45, 7) is 4.34. The number of nitrogens with one attached hydrogen (secondary N) is 2. The van der Waals surface area contributed by atoms with Crippen molar-refractivity contribution in [3.63, 3.8) is 0 Å². The minimum atomic E-state index is -0.116. The van der Waals surface area contributed by atoms with Crippen LogP contribution in [0.25, 0.3) is 10.9 Å². The van der Waals surface area contributed by atoms with Crippen LogP contribution in [0.4, 0.5) is 0 Å². The van der Waals surface area contributed by atoms with Crippen molar-refractivity contribution in [2.75, 3.05) is 0 Å². The van der Waals surface area contributed by atoms with Crippen LogP contribution < -0.4 is 10.9 Å². The van der Waals surface area contributed by atoms with Gasteiger partial charge in [0.15, 0.2) is 0 Å². The number of pyridine rings is 1. The van der Waals surface area contributed by atoms with Gasteiger partial charge in [0.05, 0.1) is 5.52 Å². The molecule has 2 N–H and O–H groups in total. The number of benzene rings is 1. The topological polar surface area (TPSA) is 62.0 Å². The second kappa shape index (κ2) is 6.57. The first-order valence-corrected chi connectivity index (χ1v) is 8.46. The second-order valence-corrected chi connectivity index (χ2v) is 6.65. The Morgan fingerprint density at radius 2 is 1.96 bits per heavy atom. The highest BCUT2D eigenvalue weighted by Crippen LogP contribution is 2.24. The van der Waals surface area contributed by atoms with Gasteiger partial charge in [-0.05, 0) is 49.3 Å². The van der Waals surface area contributed by atoms with Crippen molar-refractivity contribution >= 4 is 16.8 Å². The Morgan fingerprint density at radius 3 is 2.70 bits per heavy atom. The molecule has 0 atom stereocenters. The molecule has 1 aromatic carbocycles. The monoisotopic (exact) mass is 312 g/mol. The van der Waals surface area contributed by atoms with E-state index in [1.807, 2.05) is 26.0 Å². The molecule has 0 radical (unpaired) electrons. The fourth-order valence-electron chi connectivity index (χ4n) is 3.39. The van der Waals surface area contributed by atoms with E-state index in [1.54, 1.807) is 0 Å². The first kappa shape index (κ1) is 15.8. The summed E-state index contributed by atoms with van der Waals surface area (Å²) in [5, 5.41) is 3.95. The zero-order valence-electron chi connectivity index (χ0n) is 13.9. The lowest BCUT2D eigenvalue weighted by molar-refractivity contribution is -0.126. The molecule has 1 heterocycles. The van der Waals surface area contributed by atoms with Crippen molar-refractivity contribution in [2.45, 2.75) is 52.5 Å². The van der Waals surface area contributed by atoms with Crippen molar-refractivity contribution in [1.29, 1.82) is 0 Å². The molecule has 1 saturated carbocycles. The van der Waals surface area contributed by atoms with Gasteiger partial charge in [0.1, 0.15) is 0 Å². The standard InChI is InChI=1S/C19H24N2O2/c1-12-8-9-15-10-16(19(23)21-17(15)13(12)2)11-20-18(22)14-6-4-3-5-7-14/h8-10,14H,3-7,11H2,1-2H3,(H,20,22)(H,21,23). The molecule has 4 nitrogen and oxygen atoms in total. The van der Waals surface area contributed by atoms with Crippen molar-refractivity contribution in [3.8, 4) is 0 Å². The average Bonchev–Trinajstić information content (AvgIpc) is 2.57. The van der Waals surface area contributed by atoms with Crippen molar-refractivity contribution in [1.82, 2.24) is 10.3 Å². The lowest BCUT2D eigenvalue weighted by Crippen LogP contribution is -2.33. The van der Waals surface area contributed by atoms with Gasteiger partial charge in [-0.3, -0.25) is 9.59 Å². The minimum absolute atomic E-state index is 0.0873. The first-order chi connectivity index (χ1) is 11.1. The molecule has 3 rings (SSSR count). The number of aromatic amines is 1. The molecule has 23 heavy (non-hydrogen) atoms. The Bertz CT molecular complexity index is 786. The molecular weight excluding hydrogens is 288 g/mol. The van der Waals surface area contributed by atoms with Crippen LogP contribution in [0.15, 0.2) is 23.0 Å². The highest BCUT2D eigenvalue weighted by atomic mass is 16.2. The van der Waals surface area contributed by atoms with Crippen LogP contribution in [0, 0.1) is 19.8 Å². The number of carbonyl (C=O) groups is 1. The van der Waals surface area contributed by atoms with Crippen LogP contribution in [-0.4, -0.2) is 10.9 Å². The van der Waals surface area contributed by atoms with Crippen LogP contribution in [0.5, 0.6) is 0 Å². The maximum absolute atomic E-state index is 12.3. The Balaban J connectivity index is 1.78. The lowest BCUT2D eigenvalue weighted by atomic mass is 9.88. The van der Waals surface area contributed by atoms with E-state index >= 15 is 0 Å². The van der Waals surface area contributed by atoms with E-state index in [2.05, 4.69) is 16.4 Å². The van der Waals surface area contributed by atoms with E-state index < -0.39 is 0 Å². The van der Waals surface area contributed by atoms with Crippen LogP contribution >= 0.6 is 0 Å². The number of H-pyrrole nitrogens is 1. The summed E-state index contributed by atoms with van der Waals surface area (Å²) in [5.41, 5.74) is 3.64. The molecule has 0 aliphatic heterocycles. The zero-order chi connectivity index (χ0) is 16.4. The summed E-state index contributed by atoms with van der Waals surface area (Å²) in [5.74, 6) is 0.206. The summed E-state index contributed by atoms with van der Waals surface area (Å²) in [4.78, 5) is 27.5. The molecule has 1 aliphatic carbocycles. The highest BCUT2D eigenvalue weighted by molar-refractivity contribution is 5.83. The third-order valence-electron chi connectivity index (χ3n) is 5.06. The second-order valence-electron chi connectivity index (χ2n) is 6.65. The molecule has 0 bridgehead atoms. The lowest BCUT2D eigenvalue weighted by Gasteiger charge is -2.20. The van der Waals surface area contributed by atoms with Crippen LogP contribution in [-0.2, 0) is 11.3 Å². The number of aromatic nitrogens is 1. The number of hydrogen-bond donors (Lipinski definition) is 2. The summed E-state index contributed by atoms with van der Waals surface area (Å²) in [7, 11) is 0. The predicted octanol–water partition coefficient (Wildman–Crippen LogP) is 3.34. The Morgan fingerprint density at radius 1 is 1.22 bits per heavy atom. The van der Waals surface area contributed by atoms with Gasteiger partial charge in [-0.1, -0.05) is 31.4 Å². The van der Waals surface area contributed by atoms with Gasteiger partial charge in [-0.25, -0.2) is 0 Å². The Kier molecular flexibility index (Phi) is 4.51. The summed E-state index contributed by atoms with van der Waals surface area (Å²) in [6.07, 6.45) is 5.43. The number of hydrogen-bond acceptors (Lipinski definition) is 2. The Labute approximate surface area is 136 Å². The summed E-state index contributed by atoms with van der Waals surface area (Å²) < 4.78 is 0. The maximum atomic E-state index is 12.3. The molecule has 1 fully saturated rings. The summed E-state index contributed by atoms with van der Waals surface area (Å²) >= 11 is 0. The molecule has 1 aromatic heterocycles. The molecule has 122 valence electrons. The van der Waals surface area contributed by atoms with Gasteiger partial charge in [-0.15, -0.1) is 0 Å². The number of rotatable bonds is 3. The van der Waals surface area contributed by atoms with E-state index in [9.17, 15) is 9.59 Å². The number of aryl methyl sites for hydroxylation is 2. The number of carbonyl (C=O) groups excluding carboxylic acids is 1. The van der Waals surface area contributed by atoms with E-state index in [1.165, 1.54) is 6.42 Å². The maximum Gasteiger partial charge on any atom is 0.253 e. The van der Waals surface area contributed by atoms with Gasteiger partial charge >= 0.3 is 0 Å². The van der Waals surface area contributed by atoms with Crippen LogP contribution in [0.3, 0.4) is 0 Å². The zero-order valence-corrected chi connectivity index (χ0v) is 13.9. The molecule has 1 amide bonds. The van der Waals surface area contributed by atoms with E-state index in [0.29, 0.717) is 12.1 Å². The summed E-state index contributed by atoms with van der Waals surface area (Å²) in [6, 6.07) is 5.96. The van der Waals surface area contributed by atoms with Crippen molar-refractivity contribution in [2.24, 2.45) is 5.92 Å². The van der Waals surface area contributed by atoms with Crippen LogP contribution in [0.2, 0.25) is 0 Å². The van der Waals surface area contributed by atoms with Crippen molar-refractivity contribution < 1.29 is 4.79 Å². The van der Waals surface area contributed by atoms with Crippen LogP contribution in [0.1, 0.15) is 48.8 Å². The molecular formula is C19H24N2O2. The third kappa shape index (κ3) is 3.31. The minimum Gasteiger partial charge on any atom is -0.352 e. The smallest absolute Gasteiger partial charge is 0.253 e. The van der Waals surface area contributed by atoms with E-state index in [-0.39, 0.29) is 17.4 Å². The van der Waals surface area contributed by atoms with Gasteiger partial charge in [0.25, 0.3) is 5.56 Å². The fraction of sp³-hybridized carbons (Fsp3) is 0.474. The Hall–Kier alpha value is -2.10. The van der Waals surface area contributed by atoms with Gasteiger partial charge < -0.3 is 10.3 Å². The van der Waals surface area contributed by atoms with Gasteiger partial charge in [0.2, 0.25) is 5.91 Å². The average molecular weight is 312 g/mol. The molecule has 4 heteroatoms. The predicted molar refractivity (Wildman–Crippen MR) is 92.5 cm³/mol. The molecule has 0 unspecified atom stereocenters. The van der Waals surface area contributed by atoms with E-state index in [0.717, 1.165) is 47.7 Å². The first-order valence-electron chi connectivity index (χ1n) is 8.46. The quantitative estimate of drug-likeness (QED) is 0.913. The normalized spacial score (nSPS) is 15.7. The van der Waals surface area contributed by atoms with Crippen molar-refractivity contribution in [3.05, 3.63) is 45.2 Å². The molecule has 1 aliphatic rings. The van der Waals surface area contributed by atoms with Gasteiger partial charge in [-0.2, -0.15) is 0 Å². The highest BCUT2D eigenvalue weighted by Gasteiger charge is 2.20. The SMILES string of the molecule is Cc1ccc2cc(CNC(=O)C3CCCCC3)c(=O)[nH]c2c1C. The fourth-order valence-corrected chi connectivity index (χ4v) is 3.39. The largest absolute Gasteiger partial charge is 0.352 e.